The summed E-state index contributed by atoms with van der Waals surface area (Å²) in [5.41, 5.74) is 5.06. The van der Waals surface area contributed by atoms with Gasteiger partial charge in [0.2, 0.25) is 0 Å². The third-order valence-electron chi connectivity index (χ3n) is 8.09. The zero-order chi connectivity index (χ0) is 26.7. The van der Waals surface area contributed by atoms with Crippen LogP contribution in [-0.4, -0.2) is 23.3 Å². The molecule has 0 spiro atoms. The van der Waals surface area contributed by atoms with Crippen LogP contribution in [0.25, 0.3) is 49.8 Å². The average molecular weight is 495 g/mol. The van der Waals surface area contributed by atoms with E-state index in [1.165, 1.54) is 0 Å². The minimum absolute atomic E-state index is 0.381. The highest BCUT2D eigenvalue weighted by molar-refractivity contribution is 6.62. The van der Waals surface area contributed by atoms with Gasteiger partial charge in [-0.1, -0.05) is 90.9 Å². The molecule has 38 heavy (non-hydrogen) atoms. The summed E-state index contributed by atoms with van der Waals surface area (Å²) < 4.78 is 12.5. The van der Waals surface area contributed by atoms with Crippen molar-refractivity contribution in [1.82, 2.24) is 4.98 Å². The van der Waals surface area contributed by atoms with Gasteiger partial charge >= 0.3 is 7.12 Å². The highest BCUT2D eigenvalue weighted by Gasteiger charge is 2.51. The van der Waals surface area contributed by atoms with Gasteiger partial charge < -0.3 is 9.31 Å². The summed E-state index contributed by atoms with van der Waals surface area (Å²) in [6, 6.07) is 25.2. The Morgan fingerprint density at radius 1 is 0.789 bits per heavy atom. The molecule has 1 saturated heterocycles. The van der Waals surface area contributed by atoms with Crippen molar-refractivity contribution in [3.63, 3.8) is 0 Å². The van der Waals surface area contributed by atoms with Crippen LogP contribution in [0.2, 0.25) is 0 Å². The number of hydrogen-bond donors (Lipinski definition) is 0. The molecule has 0 radical (unpaired) electrons. The fourth-order valence-corrected chi connectivity index (χ4v) is 5.39. The molecule has 1 fully saturated rings. The number of benzene rings is 4. The number of allylic oxidation sites excluding steroid dienone is 1. The fraction of sp³-hybridized carbons (Fsp3) is 0.206. The smallest absolute Gasteiger partial charge is 0.399 e. The minimum atomic E-state index is -0.400. The molecule has 0 aliphatic carbocycles. The van der Waals surface area contributed by atoms with Crippen LogP contribution in [0.4, 0.5) is 0 Å². The first kappa shape index (κ1) is 24.4. The number of fused-ring (bicyclic) bond motifs is 5. The van der Waals surface area contributed by atoms with E-state index >= 15 is 0 Å². The van der Waals surface area contributed by atoms with Gasteiger partial charge in [0.25, 0.3) is 0 Å². The lowest BCUT2D eigenvalue weighted by Gasteiger charge is -2.32. The number of pyridine rings is 1. The average Bonchev–Trinajstić information content (AvgIpc) is 3.15. The Hall–Kier alpha value is -3.91. The van der Waals surface area contributed by atoms with E-state index in [1.54, 1.807) is 0 Å². The summed E-state index contributed by atoms with van der Waals surface area (Å²) >= 11 is 0. The Balaban J connectivity index is 1.59. The van der Waals surface area contributed by atoms with Crippen LogP contribution in [0.5, 0.6) is 0 Å². The first-order valence-corrected chi connectivity index (χ1v) is 13.1. The summed E-state index contributed by atoms with van der Waals surface area (Å²) in [4.78, 5) is 5.30. The molecule has 0 bridgehead atoms. The van der Waals surface area contributed by atoms with Gasteiger partial charge in [-0.15, -0.1) is 6.42 Å². The van der Waals surface area contributed by atoms with Crippen molar-refractivity contribution in [2.45, 2.75) is 45.8 Å². The van der Waals surface area contributed by atoms with E-state index < -0.39 is 7.12 Å². The largest absolute Gasteiger partial charge is 0.494 e. The van der Waals surface area contributed by atoms with Gasteiger partial charge in [0.05, 0.1) is 22.4 Å². The standard InChI is InChI=1S/C34H30BNO2/c1-7-13-25-24(8-2)30-27-15-10-12-17-29(27)31(36-32(30)28-16-11-9-14-26(25)28)22-18-20-23(21-19-22)35-37-33(3,4)34(5,6)38-35/h2,7,9-21H,1,3-6H3/b13-7-. The molecule has 0 amide bonds. The summed E-state index contributed by atoms with van der Waals surface area (Å²) in [6.07, 6.45) is 10.3. The second kappa shape index (κ2) is 8.84. The van der Waals surface area contributed by atoms with Crippen molar-refractivity contribution in [1.29, 1.82) is 0 Å². The van der Waals surface area contributed by atoms with E-state index in [0.717, 1.165) is 60.3 Å². The Morgan fingerprint density at radius 2 is 1.37 bits per heavy atom. The van der Waals surface area contributed by atoms with E-state index in [1.807, 2.05) is 13.0 Å². The number of hydrogen-bond acceptors (Lipinski definition) is 3. The van der Waals surface area contributed by atoms with Crippen LogP contribution in [0.15, 0.2) is 78.9 Å². The molecule has 5 aromatic rings. The third-order valence-corrected chi connectivity index (χ3v) is 8.09. The zero-order valence-electron chi connectivity index (χ0n) is 22.5. The van der Waals surface area contributed by atoms with E-state index in [9.17, 15) is 0 Å². The van der Waals surface area contributed by atoms with Gasteiger partial charge in [0, 0.05) is 27.3 Å². The number of terminal acetylenes is 1. The summed E-state index contributed by atoms with van der Waals surface area (Å²) in [5.74, 6) is 3.00. The predicted octanol–water partition coefficient (Wildman–Crippen LogP) is 7.52. The van der Waals surface area contributed by atoms with Crippen LogP contribution < -0.4 is 5.46 Å². The summed E-state index contributed by atoms with van der Waals surface area (Å²) in [7, 11) is -0.400. The molecule has 0 unspecified atom stereocenters. The molecule has 186 valence electrons. The molecule has 0 atom stereocenters. The van der Waals surface area contributed by atoms with Crippen molar-refractivity contribution in [3.05, 3.63) is 90.0 Å². The first-order valence-electron chi connectivity index (χ1n) is 13.1. The Labute approximate surface area is 224 Å². The molecule has 0 saturated carbocycles. The van der Waals surface area contributed by atoms with Crippen LogP contribution in [-0.2, 0) is 9.31 Å². The molecule has 0 N–H and O–H groups in total. The van der Waals surface area contributed by atoms with Crippen LogP contribution in [0, 0.1) is 12.3 Å². The second-order valence-electron chi connectivity index (χ2n) is 10.9. The Bertz CT molecular complexity index is 1780. The molecule has 3 nitrogen and oxygen atoms in total. The minimum Gasteiger partial charge on any atom is -0.399 e. The molecule has 6 rings (SSSR count). The van der Waals surface area contributed by atoms with Gasteiger partial charge in [0.15, 0.2) is 0 Å². The van der Waals surface area contributed by atoms with Gasteiger partial charge in [0.1, 0.15) is 0 Å². The topological polar surface area (TPSA) is 31.4 Å². The summed E-state index contributed by atoms with van der Waals surface area (Å²) in [6.45, 7) is 10.3. The number of aromatic nitrogens is 1. The van der Waals surface area contributed by atoms with Crippen LogP contribution in [0.3, 0.4) is 0 Å². The maximum absolute atomic E-state index is 6.27. The maximum atomic E-state index is 6.27. The highest BCUT2D eigenvalue weighted by atomic mass is 16.7. The van der Waals surface area contributed by atoms with E-state index in [4.69, 9.17) is 20.7 Å². The Kier molecular flexibility index (Phi) is 5.68. The quantitative estimate of drug-likeness (QED) is 0.147. The van der Waals surface area contributed by atoms with Gasteiger partial charge in [-0.2, -0.15) is 0 Å². The van der Waals surface area contributed by atoms with Crippen molar-refractivity contribution < 1.29 is 9.31 Å². The van der Waals surface area contributed by atoms with E-state index in [-0.39, 0.29) is 11.2 Å². The van der Waals surface area contributed by atoms with Crippen LogP contribution in [0.1, 0.15) is 45.7 Å². The van der Waals surface area contributed by atoms with Crippen molar-refractivity contribution in [2.75, 3.05) is 0 Å². The second-order valence-corrected chi connectivity index (χ2v) is 10.9. The molecule has 1 aliphatic heterocycles. The van der Waals surface area contributed by atoms with Gasteiger partial charge in [-0.3, -0.25) is 0 Å². The van der Waals surface area contributed by atoms with E-state index in [0.29, 0.717) is 0 Å². The molecule has 1 aliphatic rings. The van der Waals surface area contributed by atoms with Crippen molar-refractivity contribution in [3.8, 4) is 23.6 Å². The number of rotatable bonds is 3. The lowest BCUT2D eigenvalue weighted by molar-refractivity contribution is 0.00578. The fourth-order valence-electron chi connectivity index (χ4n) is 5.39. The molecule has 2 heterocycles. The van der Waals surface area contributed by atoms with Crippen LogP contribution >= 0.6 is 0 Å². The predicted molar refractivity (Wildman–Crippen MR) is 161 cm³/mol. The maximum Gasteiger partial charge on any atom is 0.494 e. The molecule has 1 aromatic heterocycles. The van der Waals surface area contributed by atoms with Gasteiger partial charge in [-0.25, -0.2) is 4.98 Å². The molecular formula is C34H30BNO2. The molecule has 4 heteroatoms. The molecular weight excluding hydrogens is 465 g/mol. The monoisotopic (exact) mass is 495 g/mol. The molecule has 4 aromatic carbocycles. The Morgan fingerprint density at radius 3 is 1.97 bits per heavy atom. The number of nitrogens with zero attached hydrogens (tertiary/aromatic N) is 1. The van der Waals surface area contributed by atoms with E-state index in [2.05, 4.69) is 112 Å². The zero-order valence-corrected chi connectivity index (χ0v) is 22.5. The lowest BCUT2D eigenvalue weighted by Crippen LogP contribution is -2.41. The normalized spacial score (nSPS) is 16.6. The SMILES string of the molecule is C#Cc1c(/C=C\C)c2ccccc2c2nc(-c3ccc(B4OC(C)(C)C(C)(C)O4)cc3)c3ccccc3c12. The van der Waals surface area contributed by atoms with Crippen molar-refractivity contribution >= 4 is 51.1 Å². The summed E-state index contributed by atoms with van der Waals surface area (Å²) in [5, 5.41) is 5.40. The lowest BCUT2D eigenvalue weighted by atomic mass is 9.78. The van der Waals surface area contributed by atoms with Crippen molar-refractivity contribution in [2.24, 2.45) is 0 Å². The first-order chi connectivity index (χ1) is 18.3. The third kappa shape index (κ3) is 3.66. The highest BCUT2D eigenvalue weighted by Crippen LogP contribution is 2.40. The van der Waals surface area contributed by atoms with Gasteiger partial charge in [-0.05, 0) is 56.4 Å².